The number of alkyl halides is 2. The number of carbonyl (C=O) groups excluding carboxylic acids is 1. The van der Waals surface area contributed by atoms with Crippen LogP contribution in [0, 0.1) is 0 Å². The largest absolute Gasteiger partial charge is 0.453 e. The molecule has 0 spiro atoms. The molecule has 3 aromatic rings. The van der Waals surface area contributed by atoms with Crippen LogP contribution in [0.1, 0.15) is 11.3 Å². The van der Waals surface area contributed by atoms with Gasteiger partial charge in [-0.25, -0.2) is 0 Å². The van der Waals surface area contributed by atoms with Crippen molar-refractivity contribution in [3.05, 3.63) is 72.0 Å². The molecule has 32 heavy (non-hydrogen) atoms. The summed E-state index contributed by atoms with van der Waals surface area (Å²) in [5.41, 5.74) is -0.271. The van der Waals surface area contributed by atoms with Crippen LogP contribution in [0.5, 0.6) is 0 Å². The number of nitrogens with zero attached hydrogens (tertiary/aromatic N) is 4. The number of H-pyrrole nitrogens is 1. The van der Waals surface area contributed by atoms with Gasteiger partial charge in [0.15, 0.2) is 5.76 Å². The molecule has 166 valence electrons. The Kier molecular flexibility index (Phi) is 6.47. The Hall–Kier alpha value is -3.31. The highest BCUT2D eigenvalue weighted by Gasteiger charge is 2.39. The topological polar surface area (TPSA) is 108 Å². The van der Waals surface area contributed by atoms with E-state index in [2.05, 4.69) is 20.6 Å². The molecule has 2 aromatic heterocycles. The van der Waals surface area contributed by atoms with Crippen LogP contribution in [0.25, 0.3) is 17.7 Å². The van der Waals surface area contributed by atoms with Gasteiger partial charge in [-0.1, -0.05) is 60.3 Å². The Morgan fingerprint density at radius 3 is 2.88 bits per heavy atom. The molecule has 3 heterocycles. The van der Waals surface area contributed by atoms with Crippen LogP contribution >= 0.6 is 11.8 Å². The van der Waals surface area contributed by atoms with Crippen molar-refractivity contribution in [1.82, 2.24) is 25.5 Å². The zero-order chi connectivity index (χ0) is 22.6. The Bertz CT molecular complexity index is 1100. The van der Waals surface area contributed by atoms with E-state index in [1.165, 1.54) is 35.2 Å². The summed E-state index contributed by atoms with van der Waals surface area (Å²) in [5, 5.41) is 23.4. The number of benzene rings is 1. The van der Waals surface area contributed by atoms with Crippen molar-refractivity contribution in [2.24, 2.45) is 0 Å². The highest BCUT2D eigenvalue weighted by molar-refractivity contribution is 8.13. The summed E-state index contributed by atoms with van der Waals surface area (Å²) in [5.74, 6) is -1.72. The first-order chi connectivity index (χ1) is 15.4. The summed E-state index contributed by atoms with van der Waals surface area (Å²) in [4.78, 5) is 13.7. The Morgan fingerprint density at radius 2 is 2.12 bits per heavy atom. The summed E-state index contributed by atoms with van der Waals surface area (Å²) >= 11 is 1.10. The number of hydrogen-bond donors (Lipinski definition) is 2. The monoisotopic (exact) mass is 459 g/mol. The third kappa shape index (κ3) is 4.78. The minimum Gasteiger partial charge on any atom is -0.453 e. The molecule has 2 atom stereocenters. The van der Waals surface area contributed by atoms with Crippen LogP contribution < -0.4 is 0 Å². The number of aromatic nitrogens is 4. The lowest BCUT2D eigenvalue weighted by atomic mass is 10.0. The predicted octanol–water partition coefficient (Wildman–Crippen LogP) is 3.72. The van der Waals surface area contributed by atoms with Crippen molar-refractivity contribution in [3.63, 3.8) is 0 Å². The fourth-order valence-electron chi connectivity index (χ4n) is 3.13. The van der Waals surface area contributed by atoms with Crippen molar-refractivity contribution in [2.45, 2.75) is 18.1 Å². The Morgan fingerprint density at radius 1 is 1.31 bits per heavy atom. The molecule has 1 saturated heterocycles. The van der Waals surface area contributed by atoms with Crippen LogP contribution in [0.4, 0.5) is 13.6 Å². The number of nitrogens with one attached hydrogen (secondary N) is 1. The number of hydrogen-bond acceptors (Lipinski definition) is 7. The van der Waals surface area contributed by atoms with E-state index in [1.807, 2.05) is 0 Å². The summed E-state index contributed by atoms with van der Waals surface area (Å²) in [6.45, 7) is 0.254. The van der Waals surface area contributed by atoms with E-state index in [0.717, 1.165) is 17.8 Å². The number of aliphatic hydroxyl groups is 1. The average Bonchev–Trinajstić information content (AvgIpc) is 3.55. The van der Waals surface area contributed by atoms with Gasteiger partial charge in [0.25, 0.3) is 5.24 Å². The second-order valence-electron chi connectivity index (χ2n) is 6.96. The first-order valence-electron chi connectivity index (χ1n) is 9.68. The average molecular weight is 459 g/mol. The smallest absolute Gasteiger partial charge is 0.302 e. The first-order valence-corrected chi connectivity index (χ1v) is 10.7. The van der Waals surface area contributed by atoms with Crippen molar-refractivity contribution in [3.8, 4) is 11.6 Å². The number of thioether (sulfide) groups is 1. The lowest BCUT2D eigenvalue weighted by Crippen LogP contribution is -2.33. The third-order valence-corrected chi connectivity index (χ3v) is 5.82. The van der Waals surface area contributed by atoms with E-state index < -0.39 is 18.1 Å². The van der Waals surface area contributed by atoms with Gasteiger partial charge in [-0.05, 0) is 23.4 Å². The van der Waals surface area contributed by atoms with Crippen LogP contribution in [-0.4, -0.2) is 60.3 Å². The fourth-order valence-corrected chi connectivity index (χ4v) is 4.11. The number of aromatic amines is 1. The minimum atomic E-state index is -3.44. The molecule has 1 aromatic carbocycles. The number of carbonyl (C=O) groups is 1. The third-order valence-electron chi connectivity index (χ3n) is 4.83. The van der Waals surface area contributed by atoms with E-state index in [4.69, 9.17) is 4.42 Å². The molecule has 11 heteroatoms. The van der Waals surface area contributed by atoms with Gasteiger partial charge in [0, 0.05) is 17.9 Å². The van der Waals surface area contributed by atoms with Crippen LogP contribution in [0.2, 0.25) is 0 Å². The number of tetrazole rings is 1. The number of amides is 1. The molecule has 1 fully saturated rings. The second kappa shape index (κ2) is 9.45. The van der Waals surface area contributed by atoms with Gasteiger partial charge in [-0.15, -0.1) is 10.2 Å². The van der Waals surface area contributed by atoms with Crippen molar-refractivity contribution in [2.75, 3.05) is 12.3 Å². The van der Waals surface area contributed by atoms with E-state index in [1.54, 1.807) is 30.4 Å². The van der Waals surface area contributed by atoms with Crippen molar-refractivity contribution >= 4 is 23.1 Å². The standard InChI is InChI=1S/C21H19F2N5O3S/c22-21(23,14-5-2-1-3-6-14)18(29)11-8-15-13-32-20(30)28(15)12-4-7-16-9-10-17(31-16)19-24-26-27-25-19/h1-11,15,18,29H,12-13H2,(H,24,25,26,27). The Balaban J connectivity index is 1.38. The molecule has 0 bridgehead atoms. The second-order valence-corrected chi connectivity index (χ2v) is 7.93. The van der Waals surface area contributed by atoms with E-state index in [-0.39, 0.29) is 17.3 Å². The zero-order valence-corrected chi connectivity index (χ0v) is 17.5. The molecule has 1 aliphatic rings. The maximum Gasteiger partial charge on any atom is 0.302 e. The summed E-state index contributed by atoms with van der Waals surface area (Å²) in [6.07, 6.45) is 3.93. The number of rotatable bonds is 8. The molecular formula is C21H19F2N5O3S. The number of furan rings is 1. The number of halogens is 2. The molecule has 1 aliphatic heterocycles. The van der Waals surface area contributed by atoms with Gasteiger partial charge < -0.3 is 14.4 Å². The molecule has 0 radical (unpaired) electrons. The van der Waals surface area contributed by atoms with Crippen molar-refractivity contribution < 1.29 is 23.1 Å². The van der Waals surface area contributed by atoms with Crippen LogP contribution in [-0.2, 0) is 5.92 Å². The van der Waals surface area contributed by atoms with Gasteiger partial charge >= 0.3 is 5.92 Å². The normalized spacial score (nSPS) is 18.3. The number of aliphatic hydroxyl groups excluding tert-OH is 1. The van der Waals surface area contributed by atoms with Gasteiger partial charge in [0.05, 0.1) is 6.04 Å². The molecule has 0 saturated carbocycles. The SMILES string of the molecule is O=C1SCC(C=CC(O)C(F)(F)c2ccccc2)N1CC=Cc1ccc(-c2nn[nH]n2)o1. The van der Waals surface area contributed by atoms with E-state index >= 15 is 0 Å². The molecule has 2 N–H and O–H groups in total. The molecule has 4 rings (SSSR count). The lowest BCUT2D eigenvalue weighted by Gasteiger charge is -2.22. The van der Waals surface area contributed by atoms with Crippen LogP contribution in [0.3, 0.4) is 0 Å². The van der Waals surface area contributed by atoms with E-state index in [9.17, 15) is 18.7 Å². The quantitative estimate of drug-likeness (QED) is 0.494. The van der Waals surface area contributed by atoms with Crippen LogP contribution in [0.15, 0.2) is 65.1 Å². The van der Waals surface area contributed by atoms with Gasteiger partial charge in [0.1, 0.15) is 11.9 Å². The van der Waals surface area contributed by atoms with Crippen molar-refractivity contribution in [1.29, 1.82) is 0 Å². The first kappa shape index (κ1) is 21.9. The summed E-state index contributed by atoms with van der Waals surface area (Å²) < 4.78 is 34.5. The highest BCUT2D eigenvalue weighted by atomic mass is 32.2. The molecule has 8 nitrogen and oxygen atoms in total. The van der Waals surface area contributed by atoms with Gasteiger partial charge in [-0.3, -0.25) is 4.79 Å². The van der Waals surface area contributed by atoms with Gasteiger partial charge in [0.2, 0.25) is 5.82 Å². The molecule has 1 amide bonds. The van der Waals surface area contributed by atoms with E-state index in [0.29, 0.717) is 23.1 Å². The lowest BCUT2D eigenvalue weighted by molar-refractivity contribution is -0.0929. The Labute approximate surface area is 186 Å². The summed E-state index contributed by atoms with van der Waals surface area (Å²) in [7, 11) is 0. The predicted molar refractivity (Wildman–Crippen MR) is 115 cm³/mol. The molecule has 2 unspecified atom stereocenters. The van der Waals surface area contributed by atoms with Gasteiger partial charge in [-0.2, -0.15) is 14.0 Å². The maximum atomic E-state index is 14.5. The zero-order valence-electron chi connectivity index (χ0n) is 16.6. The maximum absolute atomic E-state index is 14.5. The molecular weight excluding hydrogens is 440 g/mol. The minimum absolute atomic E-state index is 0.166. The fraction of sp³-hybridized carbons (Fsp3) is 0.238. The molecule has 0 aliphatic carbocycles. The highest BCUT2D eigenvalue weighted by Crippen LogP contribution is 2.33. The summed E-state index contributed by atoms with van der Waals surface area (Å²) in [6, 6.07) is 10.1.